The van der Waals surface area contributed by atoms with Crippen molar-refractivity contribution in [2.24, 2.45) is 5.92 Å². The Morgan fingerprint density at radius 3 is 2.30 bits per heavy atom. The largest absolute Gasteiger partial charge is 0.479 e. The Bertz CT molecular complexity index is 484. The minimum Gasteiger partial charge on any atom is -0.479 e. The second-order valence-corrected chi connectivity index (χ2v) is 5.42. The van der Waals surface area contributed by atoms with E-state index in [0.29, 0.717) is 17.9 Å². The topological polar surface area (TPSA) is 66.4 Å². The van der Waals surface area contributed by atoms with Gasteiger partial charge < -0.3 is 10.4 Å². The van der Waals surface area contributed by atoms with Crippen LogP contribution < -0.4 is 5.32 Å². The van der Waals surface area contributed by atoms with Gasteiger partial charge in [0.05, 0.1) is 0 Å². The smallest absolute Gasteiger partial charge is 0.333 e. The lowest BCUT2D eigenvalue weighted by Crippen LogP contribution is -2.49. The molecule has 0 fully saturated rings. The number of halogens is 1. The van der Waals surface area contributed by atoms with E-state index in [2.05, 4.69) is 5.32 Å². The van der Waals surface area contributed by atoms with Gasteiger partial charge in [0, 0.05) is 6.42 Å². The third-order valence-corrected chi connectivity index (χ3v) is 3.19. The number of hydrogen-bond acceptors (Lipinski definition) is 2. The number of carboxylic acids is 1. The number of nitrogens with one attached hydrogen (secondary N) is 1. The highest BCUT2D eigenvalue weighted by molar-refractivity contribution is 5.87. The van der Waals surface area contributed by atoms with Crippen LogP contribution in [0.25, 0.3) is 0 Å². The number of carboxylic acid groups (broad SMARTS) is 1. The molecule has 1 atom stereocenters. The molecule has 1 amide bonds. The molecule has 0 radical (unpaired) electrons. The summed E-state index contributed by atoms with van der Waals surface area (Å²) >= 11 is 0. The molecule has 4 nitrogen and oxygen atoms in total. The van der Waals surface area contributed by atoms with Crippen molar-refractivity contribution >= 4 is 11.9 Å². The van der Waals surface area contributed by atoms with E-state index >= 15 is 0 Å². The molecule has 2 N–H and O–H groups in total. The van der Waals surface area contributed by atoms with Crippen LogP contribution in [0.1, 0.15) is 39.2 Å². The van der Waals surface area contributed by atoms with Gasteiger partial charge in [-0.05, 0) is 37.0 Å². The van der Waals surface area contributed by atoms with Crippen molar-refractivity contribution in [1.82, 2.24) is 5.32 Å². The van der Waals surface area contributed by atoms with Crippen LogP contribution in [0.15, 0.2) is 24.3 Å². The Hall–Kier alpha value is -1.91. The molecular weight excluding hydrogens is 261 g/mol. The van der Waals surface area contributed by atoms with Crippen molar-refractivity contribution in [2.75, 3.05) is 0 Å². The second kappa shape index (κ2) is 6.50. The summed E-state index contributed by atoms with van der Waals surface area (Å²) in [6, 6.07) is 5.09. The first-order chi connectivity index (χ1) is 9.25. The average molecular weight is 281 g/mol. The van der Waals surface area contributed by atoms with E-state index in [9.17, 15) is 19.1 Å². The van der Waals surface area contributed by atoms with Gasteiger partial charge in [0.15, 0.2) is 5.54 Å². The average Bonchev–Trinajstić information content (AvgIpc) is 2.36. The maximum atomic E-state index is 12.9. The summed E-state index contributed by atoms with van der Waals surface area (Å²) in [5.41, 5.74) is -1.22. The zero-order valence-electron chi connectivity index (χ0n) is 11.9. The molecule has 0 heterocycles. The Balaban J connectivity index is 2.90. The molecule has 0 aliphatic rings. The van der Waals surface area contributed by atoms with Crippen molar-refractivity contribution in [3.05, 3.63) is 35.6 Å². The molecule has 5 heteroatoms. The molecule has 0 saturated heterocycles. The van der Waals surface area contributed by atoms with Crippen LogP contribution in [-0.4, -0.2) is 17.0 Å². The van der Waals surface area contributed by atoms with Gasteiger partial charge in [-0.25, -0.2) is 9.18 Å². The Morgan fingerprint density at radius 1 is 1.30 bits per heavy atom. The Labute approximate surface area is 118 Å². The second-order valence-electron chi connectivity index (χ2n) is 5.42. The Kier molecular flexibility index (Phi) is 5.25. The van der Waals surface area contributed by atoms with Gasteiger partial charge in [0.1, 0.15) is 5.82 Å². The number of hydrogen-bond donors (Lipinski definition) is 2. The lowest BCUT2D eigenvalue weighted by Gasteiger charge is -2.27. The van der Waals surface area contributed by atoms with Crippen LogP contribution in [0.4, 0.5) is 4.39 Å². The van der Waals surface area contributed by atoms with Gasteiger partial charge in [-0.1, -0.05) is 26.0 Å². The summed E-state index contributed by atoms with van der Waals surface area (Å²) in [5, 5.41) is 11.9. The molecule has 0 aliphatic carbocycles. The molecule has 0 bridgehead atoms. The van der Waals surface area contributed by atoms with Crippen LogP contribution in [0.2, 0.25) is 0 Å². The molecule has 0 aliphatic heterocycles. The molecule has 0 spiro atoms. The molecule has 0 aromatic heterocycles. The first-order valence-electron chi connectivity index (χ1n) is 6.56. The molecule has 20 heavy (non-hydrogen) atoms. The Morgan fingerprint density at radius 2 is 1.85 bits per heavy atom. The highest BCUT2D eigenvalue weighted by Gasteiger charge is 2.36. The fourth-order valence-electron chi connectivity index (χ4n) is 1.79. The molecular formula is C15H20FNO3. The quantitative estimate of drug-likeness (QED) is 0.842. The lowest BCUT2D eigenvalue weighted by molar-refractivity contribution is -0.147. The lowest BCUT2D eigenvalue weighted by atomic mass is 9.91. The van der Waals surface area contributed by atoms with Crippen molar-refractivity contribution < 1.29 is 19.1 Å². The predicted molar refractivity (Wildman–Crippen MR) is 73.6 cm³/mol. The fraction of sp³-hybridized carbons (Fsp3) is 0.467. The highest BCUT2D eigenvalue weighted by atomic mass is 19.1. The molecule has 0 saturated carbocycles. The molecule has 1 aromatic rings. The van der Waals surface area contributed by atoms with E-state index in [1.54, 1.807) is 0 Å². The first kappa shape index (κ1) is 16.1. The van der Waals surface area contributed by atoms with Crippen LogP contribution in [0, 0.1) is 11.7 Å². The van der Waals surface area contributed by atoms with E-state index in [1.165, 1.54) is 31.2 Å². The molecule has 1 rings (SSSR count). The normalized spacial score (nSPS) is 13.8. The van der Waals surface area contributed by atoms with E-state index in [-0.39, 0.29) is 12.3 Å². The van der Waals surface area contributed by atoms with Crippen LogP contribution in [0.5, 0.6) is 0 Å². The number of benzene rings is 1. The van der Waals surface area contributed by atoms with Gasteiger partial charge in [0.25, 0.3) is 0 Å². The van der Waals surface area contributed by atoms with Crippen LogP contribution >= 0.6 is 0 Å². The summed E-state index contributed by atoms with van der Waals surface area (Å²) in [4.78, 5) is 23.3. The zero-order chi connectivity index (χ0) is 15.3. The van der Waals surface area contributed by atoms with Crippen molar-refractivity contribution in [3.8, 4) is 0 Å². The highest BCUT2D eigenvalue weighted by Crippen LogP contribution is 2.22. The molecule has 1 unspecified atom stereocenters. The molecule has 110 valence electrons. The van der Waals surface area contributed by atoms with Crippen LogP contribution in [-0.2, 0) is 15.1 Å². The first-order valence-corrected chi connectivity index (χ1v) is 6.56. The van der Waals surface area contributed by atoms with E-state index in [4.69, 9.17) is 0 Å². The van der Waals surface area contributed by atoms with E-state index in [1.807, 2.05) is 13.8 Å². The van der Waals surface area contributed by atoms with Gasteiger partial charge >= 0.3 is 5.97 Å². The number of carbonyl (C=O) groups excluding carboxylic acids is 1. The SMILES string of the molecule is CC(C)CCC(=O)NC(C)(C(=O)O)c1ccc(F)cc1. The fourth-order valence-corrected chi connectivity index (χ4v) is 1.79. The van der Waals surface area contributed by atoms with Crippen molar-refractivity contribution in [1.29, 1.82) is 0 Å². The number of aliphatic carboxylic acids is 1. The summed E-state index contributed by atoms with van der Waals surface area (Å²) < 4.78 is 12.9. The maximum absolute atomic E-state index is 12.9. The predicted octanol–water partition coefficient (Wildman–Crippen LogP) is 2.68. The maximum Gasteiger partial charge on any atom is 0.333 e. The van der Waals surface area contributed by atoms with Gasteiger partial charge in [-0.15, -0.1) is 0 Å². The van der Waals surface area contributed by atoms with Crippen LogP contribution in [0.3, 0.4) is 0 Å². The van der Waals surface area contributed by atoms with E-state index in [0.717, 1.165) is 0 Å². The zero-order valence-corrected chi connectivity index (χ0v) is 11.9. The third kappa shape index (κ3) is 4.05. The number of carbonyl (C=O) groups is 2. The number of amides is 1. The summed E-state index contributed by atoms with van der Waals surface area (Å²) in [7, 11) is 0. The summed E-state index contributed by atoms with van der Waals surface area (Å²) in [5.74, 6) is -1.59. The summed E-state index contributed by atoms with van der Waals surface area (Å²) in [6.45, 7) is 5.38. The third-order valence-electron chi connectivity index (χ3n) is 3.19. The van der Waals surface area contributed by atoms with Crippen molar-refractivity contribution in [3.63, 3.8) is 0 Å². The van der Waals surface area contributed by atoms with E-state index < -0.39 is 17.3 Å². The molecule has 1 aromatic carbocycles. The minimum atomic E-state index is -1.55. The van der Waals surface area contributed by atoms with Crippen molar-refractivity contribution in [2.45, 2.75) is 39.2 Å². The van der Waals surface area contributed by atoms with Gasteiger partial charge in [-0.3, -0.25) is 4.79 Å². The monoisotopic (exact) mass is 281 g/mol. The van der Waals surface area contributed by atoms with Gasteiger partial charge in [0.2, 0.25) is 5.91 Å². The van der Waals surface area contributed by atoms with Gasteiger partial charge in [-0.2, -0.15) is 0 Å². The minimum absolute atomic E-state index is 0.266. The standard InChI is InChI=1S/C15H20FNO3/c1-10(2)4-9-13(18)17-15(3,14(19)20)11-5-7-12(16)8-6-11/h5-8,10H,4,9H2,1-3H3,(H,17,18)(H,19,20). The number of rotatable bonds is 6. The summed E-state index contributed by atoms with van der Waals surface area (Å²) in [6.07, 6.45) is 0.951.